The van der Waals surface area contributed by atoms with E-state index in [-0.39, 0.29) is 41.5 Å². The molecule has 0 N–H and O–H groups in total. The number of fused-ring (bicyclic) bond motifs is 2. The number of nitrogens with zero attached hydrogens (tertiary/aromatic N) is 2. The number of para-hydroxylation sites is 1. The molecule has 200 valence electrons. The van der Waals surface area contributed by atoms with Gasteiger partial charge in [-0.15, -0.1) is 0 Å². The van der Waals surface area contributed by atoms with Crippen LogP contribution in [0.15, 0.2) is 42.5 Å². The van der Waals surface area contributed by atoms with Gasteiger partial charge in [-0.3, -0.25) is 9.59 Å². The number of carbonyl (C=O) groups excluding carboxylic acids is 2. The predicted octanol–water partition coefficient (Wildman–Crippen LogP) is 5.51. The summed E-state index contributed by atoms with van der Waals surface area (Å²) < 4.78 is 26.9. The second kappa shape index (κ2) is 13.2. The molecule has 8 heteroatoms. The van der Waals surface area contributed by atoms with Crippen molar-refractivity contribution in [2.24, 2.45) is 0 Å². The number of halogens is 2. The summed E-state index contributed by atoms with van der Waals surface area (Å²) in [6, 6.07) is 11.7. The van der Waals surface area contributed by atoms with E-state index in [0.29, 0.717) is 31.0 Å². The first-order valence-corrected chi connectivity index (χ1v) is 13.7. The van der Waals surface area contributed by atoms with Gasteiger partial charge >= 0.3 is 0 Å². The smallest absolute Gasteiger partial charge is 0.257 e. The molecule has 0 aromatic heterocycles. The molecule has 0 saturated carbocycles. The van der Waals surface area contributed by atoms with Crippen molar-refractivity contribution in [1.82, 2.24) is 9.80 Å². The molecule has 2 aliphatic rings. The van der Waals surface area contributed by atoms with Gasteiger partial charge in [-0.1, -0.05) is 55.5 Å². The van der Waals surface area contributed by atoms with Gasteiger partial charge in [0.1, 0.15) is 23.8 Å². The fourth-order valence-corrected chi connectivity index (χ4v) is 5.24. The van der Waals surface area contributed by atoms with Crippen molar-refractivity contribution in [3.8, 4) is 5.75 Å². The highest BCUT2D eigenvalue weighted by Gasteiger charge is 2.38. The lowest BCUT2D eigenvalue weighted by Crippen LogP contribution is -2.35. The number of likely N-dealkylation sites (tertiary alicyclic amines) is 1. The lowest BCUT2D eigenvalue weighted by atomic mass is 10.1. The monoisotopic (exact) mass is 530 g/mol. The lowest BCUT2D eigenvalue weighted by Gasteiger charge is -2.25. The van der Waals surface area contributed by atoms with Gasteiger partial charge in [-0.2, -0.15) is 0 Å². The van der Waals surface area contributed by atoms with Crippen LogP contribution in [0.5, 0.6) is 5.75 Å². The molecule has 2 atom stereocenters. The maximum Gasteiger partial charge on any atom is 0.257 e. The van der Waals surface area contributed by atoms with E-state index in [1.54, 1.807) is 23.1 Å². The van der Waals surface area contributed by atoms with Gasteiger partial charge in [0.25, 0.3) is 5.91 Å². The Kier molecular flexibility index (Phi) is 9.81. The molecule has 1 saturated heterocycles. The fourth-order valence-electron chi connectivity index (χ4n) is 5.01. The average molecular weight is 531 g/mol. The summed E-state index contributed by atoms with van der Waals surface area (Å²) in [5, 5.41) is 0.235. The Morgan fingerprint density at radius 1 is 1.00 bits per heavy atom. The topological polar surface area (TPSA) is 59.1 Å². The molecule has 6 nitrogen and oxygen atoms in total. The van der Waals surface area contributed by atoms with Gasteiger partial charge in [-0.25, -0.2) is 4.39 Å². The second-order valence-electron chi connectivity index (χ2n) is 9.74. The molecule has 2 aromatic rings. The minimum Gasteiger partial charge on any atom is -0.485 e. The van der Waals surface area contributed by atoms with Gasteiger partial charge in [0, 0.05) is 30.3 Å². The van der Waals surface area contributed by atoms with Crippen LogP contribution in [0, 0.1) is 5.82 Å². The summed E-state index contributed by atoms with van der Waals surface area (Å²) in [5.41, 5.74) is 0.704. The molecule has 37 heavy (non-hydrogen) atoms. The van der Waals surface area contributed by atoms with Crippen molar-refractivity contribution >= 4 is 23.4 Å². The first-order valence-electron chi connectivity index (χ1n) is 13.3. The maximum atomic E-state index is 14.3. The molecule has 0 aliphatic carbocycles. The fraction of sp³-hybridized carbons (Fsp3) is 0.517. The molecule has 2 aromatic carbocycles. The van der Waals surface area contributed by atoms with E-state index in [1.165, 1.54) is 12.1 Å². The first-order chi connectivity index (χ1) is 18.0. The summed E-state index contributed by atoms with van der Waals surface area (Å²) in [6.07, 6.45) is 5.43. The van der Waals surface area contributed by atoms with Crippen LogP contribution in [-0.4, -0.2) is 66.6 Å². The number of ether oxygens (including phenoxy) is 2. The van der Waals surface area contributed by atoms with E-state index in [0.717, 1.165) is 45.1 Å². The molecule has 0 spiro atoms. The molecule has 0 bridgehead atoms. The maximum absolute atomic E-state index is 14.3. The Labute approximate surface area is 223 Å². The van der Waals surface area contributed by atoms with Gasteiger partial charge < -0.3 is 19.3 Å². The molecular formula is C29H36ClFN2O4. The Balaban J connectivity index is 1.55. The van der Waals surface area contributed by atoms with Crippen LogP contribution in [0.4, 0.5) is 4.39 Å². The third kappa shape index (κ3) is 7.02. The second-order valence-corrected chi connectivity index (χ2v) is 10.2. The van der Waals surface area contributed by atoms with Crippen LogP contribution < -0.4 is 4.74 Å². The number of benzene rings is 2. The number of hydrogen-bond acceptors (Lipinski definition) is 4. The Morgan fingerprint density at radius 2 is 1.73 bits per heavy atom. The van der Waals surface area contributed by atoms with Crippen LogP contribution in [0.3, 0.4) is 0 Å². The highest BCUT2D eigenvalue weighted by Crippen LogP contribution is 2.27. The van der Waals surface area contributed by atoms with Crippen molar-refractivity contribution in [3.05, 3.63) is 64.4 Å². The molecule has 1 fully saturated rings. The van der Waals surface area contributed by atoms with E-state index >= 15 is 0 Å². The van der Waals surface area contributed by atoms with E-state index in [4.69, 9.17) is 21.1 Å². The number of hydrogen-bond donors (Lipinski definition) is 0. The number of carbonyl (C=O) groups is 2. The molecule has 0 radical (unpaired) electrons. The van der Waals surface area contributed by atoms with Crippen LogP contribution in [-0.2, 0) is 16.0 Å². The summed E-state index contributed by atoms with van der Waals surface area (Å²) in [7, 11) is 0. The number of rotatable bonds is 3. The summed E-state index contributed by atoms with van der Waals surface area (Å²) >= 11 is 6.16. The van der Waals surface area contributed by atoms with Crippen molar-refractivity contribution < 1.29 is 23.5 Å². The minimum atomic E-state index is -0.495. The van der Waals surface area contributed by atoms with Gasteiger partial charge in [0.2, 0.25) is 5.91 Å². The largest absolute Gasteiger partial charge is 0.485 e. The van der Waals surface area contributed by atoms with Crippen molar-refractivity contribution in [1.29, 1.82) is 0 Å². The van der Waals surface area contributed by atoms with Gasteiger partial charge in [-0.05, 0) is 44.0 Å². The van der Waals surface area contributed by atoms with Gasteiger partial charge in [0.15, 0.2) is 0 Å². The third-order valence-electron chi connectivity index (χ3n) is 7.18. The zero-order chi connectivity index (χ0) is 26.2. The minimum absolute atomic E-state index is 0.0530. The van der Waals surface area contributed by atoms with Crippen molar-refractivity contribution in [2.45, 2.75) is 64.1 Å². The Hall–Kier alpha value is -2.64. The van der Waals surface area contributed by atoms with Crippen LogP contribution in [0.2, 0.25) is 5.02 Å². The molecular weight excluding hydrogens is 495 g/mol. The first kappa shape index (κ1) is 27.4. The lowest BCUT2D eigenvalue weighted by molar-refractivity contribution is -0.130. The van der Waals surface area contributed by atoms with Gasteiger partial charge in [0.05, 0.1) is 25.1 Å². The SMILES string of the molecule is CCN1CCCCCCCCO[C@@H]2CN(C(=O)Cc3c(F)cccc3Cl)C[C@H]2Oc2ccccc2C1=O. The standard InChI is InChI=1S/C29H36ClFN2O4/c1-2-32-16-9-5-3-4-6-10-17-36-26-19-33(28(34)18-22-23(30)13-11-14-24(22)31)20-27(26)37-25-15-8-7-12-21(25)29(32)35/h7-8,11-15,26-27H,2-6,9-10,16-20H2,1H3/t26-,27-/m1/s1. The summed E-state index contributed by atoms with van der Waals surface area (Å²) in [4.78, 5) is 30.1. The van der Waals surface area contributed by atoms with E-state index in [2.05, 4.69) is 0 Å². The Morgan fingerprint density at radius 3 is 2.51 bits per heavy atom. The third-order valence-corrected chi connectivity index (χ3v) is 7.53. The zero-order valence-electron chi connectivity index (χ0n) is 21.5. The highest BCUT2D eigenvalue weighted by molar-refractivity contribution is 6.31. The van der Waals surface area contributed by atoms with Crippen LogP contribution in [0.1, 0.15) is 61.4 Å². The molecule has 2 amide bonds. The normalized spacial score (nSPS) is 21.8. The molecule has 0 unspecified atom stereocenters. The van der Waals surface area contributed by atoms with E-state index < -0.39 is 11.9 Å². The molecule has 2 heterocycles. The van der Waals surface area contributed by atoms with Crippen LogP contribution >= 0.6 is 11.6 Å². The van der Waals surface area contributed by atoms with E-state index in [9.17, 15) is 14.0 Å². The van der Waals surface area contributed by atoms with Crippen LogP contribution in [0.25, 0.3) is 0 Å². The molecule has 2 aliphatic heterocycles. The summed E-state index contributed by atoms with van der Waals surface area (Å²) in [5.74, 6) is -0.295. The number of amides is 2. The van der Waals surface area contributed by atoms with Crippen molar-refractivity contribution in [2.75, 3.05) is 32.8 Å². The highest BCUT2D eigenvalue weighted by atomic mass is 35.5. The average Bonchev–Trinajstić information content (AvgIpc) is 3.29. The predicted molar refractivity (Wildman–Crippen MR) is 142 cm³/mol. The zero-order valence-corrected chi connectivity index (χ0v) is 22.2. The molecule has 4 rings (SSSR count). The van der Waals surface area contributed by atoms with Crippen molar-refractivity contribution in [3.63, 3.8) is 0 Å². The quantitative estimate of drug-likeness (QED) is 0.525. The van der Waals surface area contributed by atoms with E-state index in [1.807, 2.05) is 24.0 Å². The Bertz CT molecular complexity index is 1060. The summed E-state index contributed by atoms with van der Waals surface area (Å²) in [6.45, 7) is 4.55.